The minimum absolute atomic E-state index is 0.0357. The first-order chi connectivity index (χ1) is 20.5. The third-order valence-electron chi connectivity index (χ3n) is 6.82. The van der Waals surface area contributed by atoms with Crippen LogP contribution in [0.2, 0.25) is 0 Å². The molecule has 0 radical (unpaired) electrons. The van der Waals surface area contributed by atoms with Gasteiger partial charge in [-0.2, -0.15) is 13.2 Å². The molecule has 4 aromatic rings. The maximum absolute atomic E-state index is 14.7. The van der Waals surface area contributed by atoms with Gasteiger partial charge in [0.05, 0.1) is 18.6 Å². The second kappa shape index (κ2) is 14.0. The summed E-state index contributed by atoms with van der Waals surface area (Å²) in [6.45, 7) is 3.33. The molecule has 0 spiro atoms. The van der Waals surface area contributed by atoms with Gasteiger partial charge >= 0.3 is 18.1 Å². The SMILES string of the molecule is CCOC(=O)Cc1cc(F)cc(-c2ccc(C(F)(F)F)cc2CN(c2ccccc2)C(C)C(=O)OCc2ccccc2)c1. The molecule has 0 bridgehead atoms. The van der Waals surface area contributed by atoms with Gasteiger partial charge in [0.1, 0.15) is 18.5 Å². The molecule has 0 N–H and O–H groups in total. The summed E-state index contributed by atoms with van der Waals surface area (Å²) in [5, 5.41) is 0. The molecule has 1 unspecified atom stereocenters. The predicted octanol–water partition coefficient (Wildman–Crippen LogP) is 7.76. The maximum Gasteiger partial charge on any atom is 0.416 e. The summed E-state index contributed by atoms with van der Waals surface area (Å²) < 4.78 is 66.8. The average Bonchev–Trinajstić information content (AvgIpc) is 2.98. The number of nitrogens with zero attached hydrogens (tertiary/aromatic N) is 1. The van der Waals surface area contributed by atoms with Crippen molar-refractivity contribution in [1.82, 2.24) is 0 Å². The highest BCUT2D eigenvalue weighted by Crippen LogP contribution is 2.35. The molecule has 0 saturated heterocycles. The van der Waals surface area contributed by atoms with Gasteiger partial charge in [0, 0.05) is 12.2 Å². The van der Waals surface area contributed by atoms with Crippen molar-refractivity contribution in [3.63, 3.8) is 0 Å². The highest BCUT2D eigenvalue weighted by Gasteiger charge is 2.32. The molecule has 0 saturated carbocycles. The molecule has 0 aliphatic heterocycles. The van der Waals surface area contributed by atoms with Crippen LogP contribution in [0.5, 0.6) is 0 Å². The average molecular weight is 594 g/mol. The first kappa shape index (κ1) is 31.3. The van der Waals surface area contributed by atoms with Crippen molar-refractivity contribution >= 4 is 17.6 Å². The topological polar surface area (TPSA) is 55.8 Å². The fourth-order valence-electron chi connectivity index (χ4n) is 4.70. The van der Waals surface area contributed by atoms with Crippen LogP contribution >= 0.6 is 0 Å². The number of carbonyl (C=O) groups excluding carboxylic acids is 2. The Morgan fingerprint density at radius 1 is 0.837 bits per heavy atom. The number of rotatable bonds is 11. The van der Waals surface area contributed by atoms with E-state index in [4.69, 9.17) is 9.47 Å². The third kappa shape index (κ3) is 8.44. The van der Waals surface area contributed by atoms with Gasteiger partial charge in [-0.05, 0) is 78.1 Å². The van der Waals surface area contributed by atoms with Gasteiger partial charge < -0.3 is 14.4 Å². The minimum atomic E-state index is -4.64. The Morgan fingerprint density at radius 2 is 1.51 bits per heavy atom. The summed E-state index contributed by atoms with van der Waals surface area (Å²) in [5.41, 5.74) is 1.61. The van der Waals surface area contributed by atoms with Crippen molar-refractivity contribution in [2.75, 3.05) is 11.5 Å². The van der Waals surface area contributed by atoms with Crippen LogP contribution < -0.4 is 4.90 Å². The molecule has 0 heterocycles. The number of benzene rings is 4. The number of alkyl halides is 3. The van der Waals surface area contributed by atoms with Crippen LogP contribution in [0.3, 0.4) is 0 Å². The summed E-state index contributed by atoms with van der Waals surface area (Å²) >= 11 is 0. The van der Waals surface area contributed by atoms with Gasteiger partial charge in [-0.15, -0.1) is 0 Å². The summed E-state index contributed by atoms with van der Waals surface area (Å²) in [7, 11) is 0. The van der Waals surface area contributed by atoms with Gasteiger partial charge in [0.25, 0.3) is 0 Å². The Balaban J connectivity index is 1.73. The lowest BCUT2D eigenvalue weighted by atomic mass is 9.94. The summed E-state index contributed by atoms with van der Waals surface area (Å²) in [6.07, 6.45) is -4.84. The Hall–Kier alpha value is -4.66. The van der Waals surface area contributed by atoms with Crippen LogP contribution in [0.4, 0.5) is 23.2 Å². The molecule has 4 rings (SSSR count). The minimum Gasteiger partial charge on any atom is -0.466 e. The van der Waals surface area contributed by atoms with Crippen LogP contribution in [0.15, 0.2) is 97.1 Å². The normalized spacial score (nSPS) is 12.0. The smallest absolute Gasteiger partial charge is 0.416 e. The highest BCUT2D eigenvalue weighted by molar-refractivity contribution is 5.80. The van der Waals surface area contributed by atoms with Crippen molar-refractivity contribution < 1.29 is 36.6 Å². The van der Waals surface area contributed by atoms with E-state index in [0.29, 0.717) is 16.8 Å². The van der Waals surface area contributed by atoms with E-state index in [1.165, 1.54) is 18.2 Å². The van der Waals surface area contributed by atoms with E-state index in [-0.39, 0.29) is 37.3 Å². The molecule has 9 heteroatoms. The number of halogens is 4. The van der Waals surface area contributed by atoms with E-state index in [1.54, 1.807) is 55.1 Å². The summed E-state index contributed by atoms with van der Waals surface area (Å²) in [6, 6.07) is 24.2. The molecular weight excluding hydrogens is 562 g/mol. The van der Waals surface area contributed by atoms with Crippen molar-refractivity contribution in [2.24, 2.45) is 0 Å². The van der Waals surface area contributed by atoms with E-state index < -0.39 is 35.5 Å². The lowest BCUT2D eigenvalue weighted by Gasteiger charge is -2.31. The molecule has 4 aromatic carbocycles. The van der Waals surface area contributed by atoms with Gasteiger partial charge in [-0.3, -0.25) is 4.79 Å². The zero-order valence-electron chi connectivity index (χ0n) is 23.7. The maximum atomic E-state index is 14.7. The largest absolute Gasteiger partial charge is 0.466 e. The van der Waals surface area contributed by atoms with E-state index in [0.717, 1.165) is 17.7 Å². The van der Waals surface area contributed by atoms with Crippen molar-refractivity contribution in [3.8, 4) is 11.1 Å². The van der Waals surface area contributed by atoms with E-state index >= 15 is 0 Å². The molecule has 0 aliphatic rings. The lowest BCUT2D eigenvalue weighted by Crippen LogP contribution is -2.40. The number of esters is 2. The van der Waals surface area contributed by atoms with E-state index in [1.807, 2.05) is 30.3 Å². The Labute approximate surface area is 247 Å². The molecule has 1 atom stereocenters. The zero-order valence-corrected chi connectivity index (χ0v) is 23.7. The van der Waals surface area contributed by atoms with Crippen LogP contribution in [0, 0.1) is 5.82 Å². The quantitative estimate of drug-likeness (QED) is 0.131. The molecule has 5 nitrogen and oxygen atoms in total. The van der Waals surface area contributed by atoms with Crippen molar-refractivity contribution in [2.45, 2.75) is 45.6 Å². The molecule has 224 valence electrons. The highest BCUT2D eigenvalue weighted by atomic mass is 19.4. The molecule has 0 amide bonds. The number of anilines is 1. The molecule has 0 aliphatic carbocycles. The second-order valence-electron chi connectivity index (χ2n) is 9.93. The second-order valence-corrected chi connectivity index (χ2v) is 9.93. The van der Waals surface area contributed by atoms with E-state index in [9.17, 15) is 27.2 Å². The molecule has 0 fully saturated rings. The first-order valence-corrected chi connectivity index (χ1v) is 13.7. The standard InChI is InChI=1S/C34H31F4NO4/c1-3-42-32(40)18-25-16-26(20-29(35)17-25)31-15-14-28(34(36,37)38)19-27(31)21-39(30-12-8-5-9-13-30)23(2)33(41)43-22-24-10-6-4-7-11-24/h4-17,19-20,23H,3,18,21-22H2,1-2H3. The van der Waals surface area contributed by atoms with Gasteiger partial charge in [-0.25, -0.2) is 9.18 Å². The van der Waals surface area contributed by atoms with E-state index in [2.05, 4.69) is 0 Å². The van der Waals surface area contributed by atoms with Crippen LogP contribution in [0.25, 0.3) is 11.1 Å². The van der Waals surface area contributed by atoms with Gasteiger partial charge in [0.15, 0.2) is 0 Å². The lowest BCUT2D eigenvalue weighted by molar-refractivity contribution is -0.146. The number of carbonyl (C=O) groups is 2. The Morgan fingerprint density at radius 3 is 2.16 bits per heavy atom. The number of hydrogen-bond donors (Lipinski definition) is 0. The van der Waals surface area contributed by atoms with Crippen LogP contribution in [-0.4, -0.2) is 24.6 Å². The predicted molar refractivity (Wildman–Crippen MR) is 155 cm³/mol. The Bertz CT molecular complexity index is 1540. The fourth-order valence-corrected chi connectivity index (χ4v) is 4.70. The Kier molecular flexibility index (Phi) is 10.2. The number of para-hydroxylation sites is 1. The van der Waals surface area contributed by atoms with Crippen molar-refractivity contribution in [3.05, 3.63) is 125 Å². The van der Waals surface area contributed by atoms with Crippen LogP contribution in [-0.2, 0) is 44.8 Å². The zero-order chi connectivity index (χ0) is 31.0. The fraction of sp³-hybridized carbons (Fsp3) is 0.235. The van der Waals surface area contributed by atoms with Gasteiger partial charge in [0.2, 0.25) is 0 Å². The number of hydrogen-bond acceptors (Lipinski definition) is 5. The molecule has 43 heavy (non-hydrogen) atoms. The number of ether oxygens (including phenoxy) is 2. The monoisotopic (exact) mass is 593 g/mol. The summed E-state index contributed by atoms with van der Waals surface area (Å²) in [4.78, 5) is 26.9. The molecular formula is C34H31F4NO4. The first-order valence-electron chi connectivity index (χ1n) is 13.7. The van der Waals surface area contributed by atoms with Gasteiger partial charge in [-0.1, -0.05) is 60.7 Å². The van der Waals surface area contributed by atoms with Crippen LogP contribution in [0.1, 0.15) is 36.1 Å². The summed E-state index contributed by atoms with van der Waals surface area (Å²) in [5.74, 6) is -1.77. The molecule has 0 aromatic heterocycles. The third-order valence-corrected chi connectivity index (χ3v) is 6.82. The van der Waals surface area contributed by atoms with Crippen molar-refractivity contribution in [1.29, 1.82) is 0 Å².